The lowest BCUT2D eigenvalue weighted by Crippen LogP contribution is -2.15. The summed E-state index contributed by atoms with van der Waals surface area (Å²) < 4.78 is 0. The van der Waals surface area contributed by atoms with Gasteiger partial charge in [-0.25, -0.2) is 0 Å². The Morgan fingerprint density at radius 2 is 1.94 bits per heavy atom. The number of nitrogens with two attached hydrogens (primary N) is 1. The minimum Gasteiger partial charge on any atom is -0.508 e. The summed E-state index contributed by atoms with van der Waals surface area (Å²) in [5.74, 6) is 0.413. The van der Waals surface area contributed by atoms with E-state index in [4.69, 9.17) is 5.73 Å². The van der Waals surface area contributed by atoms with E-state index in [1.54, 1.807) is 0 Å². The van der Waals surface area contributed by atoms with Crippen LogP contribution in [0.5, 0.6) is 5.75 Å². The van der Waals surface area contributed by atoms with Crippen molar-refractivity contribution in [1.29, 1.82) is 0 Å². The maximum atomic E-state index is 9.77. The van der Waals surface area contributed by atoms with Gasteiger partial charge in [-0.15, -0.1) is 0 Å². The van der Waals surface area contributed by atoms with E-state index in [9.17, 15) is 5.11 Å². The molecule has 1 aromatic carbocycles. The summed E-state index contributed by atoms with van der Waals surface area (Å²) in [6, 6.07) is 5.93. The van der Waals surface area contributed by atoms with E-state index in [-0.39, 0.29) is 0 Å². The lowest BCUT2D eigenvalue weighted by atomic mass is 10.0. The normalized spacial score (nSPS) is 11.1. The van der Waals surface area contributed by atoms with Gasteiger partial charge in [-0.1, -0.05) is 12.1 Å². The number of benzene rings is 1. The molecule has 3 nitrogen and oxygen atoms in total. The molecule has 0 aliphatic rings. The summed E-state index contributed by atoms with van der Waals surface area (Å²) in [6.45, 7) is 1.76. The molecule has 0 saturated heterocycles. The molecular weight excluding hydrogens is 212 g/mol. The zero-order valence-electron chi connectivity index (χ0n) is 10.9. The monoisotopic (exact) mass is 236 g/mol. The Morgan fingerprint density at radius 3 is 2.59 bits per heavy atom. The first-order valence-electron chi connectivity index (χ1n) is 6.29. The maximum Gasteiger partial charge on any atom is 0.118 e. The number of nitrogens with zero attached hydrogens (tertiary/aromatic N) is 1. The molecule has 0 atom stereocenters. The Bertz CT molecular complexity index is 337. The highest BCUT2D eigenvalue weighted by molar-refractivity contribution is 5.36. The molecule has 1 aromatic rings. The van der Waals surface area contributed by atoms with Gasteiger partial charge >= 0.3 is 0 Å². The van der Waals surface area contributed by atoms with Crippen LogP contribution >= 0.6 is 0 Å². The lowest BCUT2D eigenvalue weighted by molar-refractivity contribution is 0.413. The molecule has 0 heterocycles. The molecule has 0 saturated carbocycles. The minimum atomic E-state index is 0.413. The van der Waals surface area contributed by atoms with Crippen molar-refractivity contribution in [2.45, 2.75) is 25.7 Å². The highest BCUT2D eigenvalue weighted by Gasteiger charge is 2.03. The standard InChI is InChI=1S/C14H24N2O/c1-16(2)10-8-12-6-7-14(17)13(11-12)5-3-4-9-15/h6-7,11,17H,3-5,8-10,15H2,1-2H3. The van der Waals surface area contributed by atoms with Crippen LogP contribution < -0.4 is 5.73 Å². The molecule has 3 heteroatoms. The Balaban J connectivity index is 2.59. The van der Waals surface area contributed by atoms with Crippen molar-refractivity contribution >= 4 is 0 Å². The number of aryl methyl sites for hydroxylation is 1. The largest absolute Gasteiger partial charge is 0.508 e. The molecule has 0 aliphatic carbocycles. The topological polar surface area (TPSA) is 49.5 Å². The number of phenols is 1. The van der Waals surface area contributed by atoms with Gasteiger partial charge in [0.1, 0.15) is 5.75 Å². The highest BCUT2D eigenvalue weighted by atomic mass is 16.3. The van der Waals surface area contributed by atoms with Gasteiger partial charge in [0.15, 0.2) is 0 Å². The lowest BCUT2D eigenvalue weighted by Gasteiger charge is -2.11. The summed E-state index contributed by atoms with van der Waals surface area (Å²) in [7, 11) is 4.14. The van der Waals surface area contributed by atoms with Crippen LogP contribution in [0.2, 0.25) is 0 Å². The average molecular weight is 236 g/mol. The number of unbranched alkanes of at least 4 members (excludes halogenated alkanes) is 1. The van der Waals surface area contributed by atoms with E-state index < -0.39 is 0 Å². The fourth-order valence-corrected chi connectivity index (χ4v) is 1.81. The van der Waals surface area contributed by atoms with Crippen molar-refractivity contribution in [3.8, 4) is 5.75 Å². The van der Waals surface area contributed by atoms with Crippen LogP contribution in [0.4, 0.5) is 0 Å². The highest BCUT2D eigenvalue weighted by Crippen LogP contribution is 2.20. The van der Waals surface area contributed by atoms with Gasteiger partial charge in [-0.3, -0.25) is 0 Å². The predicted octanol–water partition coefficient (Wildman–Crippen LogP) is 1.78. The summed E-state index contributed by atoms with van der Waals surface area (Å²) in [6.07, 6.45) is 4.00. The van der Waals surface area contributed by atoms with Gasteiger partial charge in [-0.2, -0.15) is 0 Å². The number of aromatic hydroxyl groups is 1. The fraction of sp³-hybridized carbons (Fsp3) is 0.571. The number of hydrogen-bond donors (Lipinski definition) is 2. The van der Waals surface area contributed by atoms with Gasteiger partial charge in [-0.05, 0) is 63.5 Å². The van der Waals surface area contributed by atoms with Crippen LogP contribution in [0.15, 0.2) is 18.2 Å². The first-order valence-corrected chi connectivity index (χ1v) is 6.29. The molecule has 0 bridgehead atoms. The molecule has 0 spiro atoms. The van der Waals surface area contributed by atoms with Crippen LogP contribution in [-0.2, 0) is 12.8 Å². The van der Waals surface area contributed by atoms with Gasteiger partial charge in [0.05, 0.1) is 0 Å². The van der Waals surface area contributed by atoms with Gasteiger partial charge < -0.3 is 15.7 Å². The third kappa shape index (κ3) is 5.20. The van der Waals surface area contributed by atoms with Crippen molar-refractivity contribution in [3.63, 3.8) is 0 Å². The van der Waals surface area contributed by atoms with Crippen LogP contribution in [0.25, 0.3) is 0 Å². The fourth-order valence-electron chi connectivity index (χ4n) is 1.81. The molecule has 1 rings (SSSR count). The predicted molar refractivity (Wildman–Crippen MR) is 72.4 cm³/mol. The van der Waals surface area contributed by atoms with Crippen molar-refractivity contribution in [2.24, 2.45) is 5.73 Å². The van der Waals surface area contributed by atoms with Crippen LogP contribution in [-0.4, -0.2) is 37.2 Å². The van der Waals surface area contributed by atoms with Crippen LogP contribution in [0.1, 0.15) is 24.0 Å². The quantitative estimate of drug-likeness (QED) is 0.709. The van der Waals surface area contributed by atoms with Crippen molar-refractivity contribution < 1.29 is 5.11 Å². The maximum absolute atomic E-state index is 9.77. The van der Waals surface area contributed by atoms with Crippen molar-refractivity contribution in [2.75, 3.05) is 27.2 Å². The van der Waals surface area contributed by atoms with E-state index in [1.165, 1.54) is 5.56 Å². The molecular formula is C14H24N2O. The van der Waals surface area contributed by atoms with Gasteiger partial charge in [0.25, 0.3) is 0 Å². The average Bonchev–Trinajstić information content (AvgIpc) is 2.30. The second-order valence-corrected chi connectivity index (χ2v) is 4.76. The van der Waals surface area contributed by atoms with E-state index in [0.717, 1.165) is 44.3 Å². The summed E-state index contributed by atoms with van der Waals surface area (Å²) >= 11 is 0. The van der Waals surface area contributed by atoms with E-state index in [1.807, 2.05) is 12.1 Å². The van der Waals surface area contributed by atoms with Crippen molar-refractivity contribution in [1.82, 2.24) is 4.90 Å². The Hall–Kier alpha value is -1.06. The van der Waals surface area contributed by atoms with Crippen molar-refractivity contribution in [3.05, 3.63) is 29.3 Å². The SMILES string of the molecule is CN(C)CCc1ccc(O)c(CCCCN)c1. The molecule has 0 radical (unpaired) electrons. The molecule has 0 aliphatic heterocycles. The van der Waals surface area contributed by atoms with Crippen LogP contribution in [0, 0.1) is 0 Å². The Kier molecular flexibility index (Phi) is 6.01. The molecule has 96 valence electrons. The zero-order valence-corrected chi connectivity index (χ0v) is 10.9. The smallest absolute Gasteiger partial charge is 0.118 e. The Morgan fingerprint density at radius 1 is 1.18 bits per heavy atom. The Labute approximate surface area is 104 Å². The van der Waals surface area contributed by atoms with Gasteiger partial charge in [0.2, 0.25) is 0 Å². The number of likely N-dealkylation sites (N-methyl/N-ethyl adjacent to an activating group) is 1. The second kappa shape index (κ2) is 7.30. The molecule has 0 aromatic heterocycles. The summed E-state index contributed by atoms with van der Waals surface area (Å²) in [4.78, 5) is 2.17. The third-order valence-corrected chi connectivity index (χ3v) is 2.89. The molecule has 0 unspecified atom stereocenters. The molecule has 3 N–H and O–H groups in total. The number of rotatable bonds is 7. The summed E-state index contributed by atoms with van der Waals surface area (Å²) in [5.41, 5.74) is 7.82. The van der Waals surface area contributed by atoms with E-state index >= 15 is 0 Å². The van der Waals surface area contributed by atoms with Gasteiger partial charge in [0, 0.05) is 6.54 Å². The molecule has 17 heavy (non-hydrogen) atoms. The van der Waals surface area contributed by atoms with Crippen LogP contribution in [0.3, 0.4) is 0 Å². The van der Waals surface area contributed by atoms with E-state index in [2.05, 4.69) is 25.1 Å². The second-order valence-electron chi connectivity index (χ2n) is 4.76. The van der Waals surface area contributed by atoms with E-state index in [0.29, 0.717) is 5.75 Å². The molecule has 0 amide bonds. The first-order chi connectivity index (χ1) is 8.13. The molecule has 0 fully saturated rings. The third-order valence-electron chi connectivity index (χ3n) is 2.89. The summed E-state index contributed by atoms with van der Waals surface area (Å²) in [5, 5.41) is 9.77. The minimum absolute atomic E-state index is 0.413. The number of hydrogen-bond acceptors (Lipinski definition) is 3. The number of phenolic OH excluding ortho intramolecular Hbond substituents is 1. The first kappa shape index (κ1) is 14.0. The zero-order chi connectivity index (χ0) is 12.7.